The molecule has 0 saturated heterocycles. The zero-order chi connectivity index (χ0) is 28.1. The molecule has 0 aliphatic heterocycles. The van der Waals surface area contributed by atoms with Gasteiger partial charge in [-0.15, -0.1) is 0 Å². The van der Waals surface area contributed by atoms with E-state index in [4.69, 9.17) is 0 Å². The number of hydrogen-bond donors (Lipinski definition) is 2. The summed E-state index contributed by atoms with van der Waals surface area (Å²) in [5, 5.41) is 23.2. The fourth-order valence-corrected chi connectivity index (χ4v) is 7.23. The van der Waals surface area contributed by atoms with Crippen LogP contribution in [-0.4, -0.2) is 10.2 Å². The van der Waals surface area contributed by atoms with Crippen LogP contribution in [0.4, 0.5) is 0 Å². The second kappa shape index (κ2) is 10.1. The molecule has 0 saturated carbocycles. The van der Waals surface area contributed by atoms with Gasteiger partial charge in [-0.2, -0.15) is 0 Å². The summed E-state index contributed by atoms with van der Waals surface area (Å²) in [6.07, 6.45) is 3.26. The van der Waals surface area contributed by atoms with Gasteiger partial charge in [0.15, 0.2) is 0 Å². The van der Waals surface area contributed by atoms with Gasteiger partial charge >= 0.3 is 0 Å². The van der Waals surface area contributed by atoms with Gasteiger partial charge in [-0.3, -0.25) is 0 Å². The molecule has 6 rings (SSSR count). The second-order valence-corrected chi connectivity index (χ2v) is 12.5. The van der Waals surface area contributed by atoms with Crippen LogP contribution in [0.2, 0.25) is 0 Å². The van der Waals surface area contributed by atoms with Crippen LogP contribution in [0.5, 0.6) is 0 Å². The lowest BCUT2D eigenvalue weighted by Crippen LogP contribution is -2.32. The first-order chi connectivity index (χ1) is 19.2. The van der Waals surface area contributed by atoms with Crippen LogP contribution in [0, 0.1) is 23.7 Å². The maximum absolute atomic E-state index is 11.6. The van der Waals surface area contributed by atoms with E-state index in [1.54, 1.807) is 0 Å². The quantitative estimate of drug-likeness (QED) is 0.170. The molecule has 202 valence electrons. The first-order valence-corrected chi connectivity index (χ1v) is 14.6. The predicted molar refractivity (Wildman–Crippen MR) is 164 cm³/mol. The lowest BCUT2D eigenvalue weighted by Gasteiger charge is -2.35. The zero-order valence-corrected chi connectivity index (χ0v) is 24.0. The van der Waals surface area contributed by atoms with Gasteiger partial charge in [0.1, 0.15) is 0 Å². The van der Waals surface area contributed by atoms with Crippen LogP contribution >= 0.6 is 0 Å². The number of aliphatic hydroxyl groups is 2. The Kier molecular flexibility index (Phi) is 6.70. The van der Waals surface area contributed by atoms with E-state index in [0.717, 1.165) is 36.0 Å². The Bertz CT molecular complexity index is 1630. The van der Waals surface area contributed by atoms with Gasteiger partial charge in [-0.05, 0) is 93.5 Å². The third-order valence-electron chi connectivity index (χ3n) is 8.58. The lowest BCUT2D eigenvalue weighted by molar-refractivity contribution is -0.116. The van der Waals surface area contributed by atoms with Gasteiger partial charge in [-0.1, -0.05) is 119 Å². The molecule has 2 N–H and O–H groups in total. The van der Waals surface area contributed by atoms with E-state index < -0.39 is 11.2 Å². The average Bonchev–Trinajstić information content (AvgIpc) is 3.49. The normalized spacial score (nSPS) is 13.5. The highest BCUT2D eigenvalue weighted by molar-refractivity contribution is 5.79. The summed E-state index contributed by atoms with van der Waals surface area (Å²) >= 11 is 0. The molecule has 2 aliphatic rings. The third kappa shape index (κ3) is 4.58. The predicted octanol–water partition coefficient (Wildman–Crippen LogP) is 8.00. The van der Waals surface area contributed by atoms with Gasteiger partial charge in [-0.25, -0.2) is 0 Å². The molecule has 0 unspecified atom stereocenters. The highest BCUT2D eigenvalue weighted by Crippen LogP contribution is 2.46. The van der Waals surface area contributed by atoms with Crippen molar-refractivity contribution < 1.29 is 10.2 Å². The summed E-state index contributed by atoms with van der Waals surface area (Å²) in [7, 11) is 0. The van der Waals surface area contributed by atoms with Gasteiger partial charge < -0.3 is 10.2 Å². The van der Waals surface area contributed by atoms with Crippen molar-refractivity contribution in [3.05, 3.63) is 118 Å². The maximum Gasteiger partial charge on any atom is 0.256 e. The van der Waals surface area contributed by atoms with Crippen LogP contribution in [-0.2, 0) is 24.0 Å². The Morgan fingerprint density at radius 3 is 1.55 bits per heavy atom. The van der Waals surface area contributed by atoms with Crippen molar-refractivity contribution in [3.63, 3.8) is 0 Å². The third-order valence-corrected chi connectivity index (χ3v) is 8.58. The number of rotatable bonds is 6. The summed E-state index contributed by atoms with van der Waals surface area (Å²) in [4.78, 5) is 0. The molecule has 0 spiro atoms. The van der Waals surface area contributed by atoms with Crippen molar-refractivity contribution in [1.29, 1.82) is 0 Å². The standard InChI is InChI=1S/C38H38O2/c1-25(2)23-37(24-26(3)4,35-17-9-15-31-29-13-7-5-11-27(29)21-33(31)35)19-20-38(39,40)36-18-10-16-32-30-14-8-6-12-28(30)22-34(32)36/h5-18,25-26,39-40H,21-24H2,1-4H3. The Balaban J connectivity index is 1.49. The molecular weight excluding hydrogens is 488 g/mol. The van der Waals surface area contributed by atoms with Crippen LogP contribution < -0.4 is 0 Å². The Labute approximate surface area is 238 Å². The van der Waals surface area contributed by atoms with E-state index in [1.807, 2.05) is 24.3 Å². The molecule has 0 amide bonds. The van der Waals surface area contributed by atoms with E-state index in [0.29, 0.717) is 23.8 Å². The summed E-state index contributed by atoms with van der Waals surface area (Å²) < 4.78 is 0. The summed E-state index contributed by atoms with van der Waals surface area (Å²) in [5.74, 6) is 5.14. The van der Waals surface area contributed by atoms with Crippen LogP contribution in [0.1, 0.15) is 73.9 Å². The lowest BCUT2D eigenvalue weighted by atomic mass is 9.68. The van der Waals surface area contributed by atoms with Gasteiger partial charge in [0.05, 0.1) is 5.41 Å². The van der Waals surface area contributed by atoms with Gasteiger partial charge in [0, 0.05) is 5.56 Å². The molecule has 0 heterocycles. The molecule has 0 aromatic heterocycles. The molecule has 0 fully saturated rings. The highest BCUT2D eigenvalue weighted by atomic mass is 16.5. The Hall–Kier alpha value is -3.64. The first-order valence-electron chi connectivity index (χ1n) is 14.6. The minimum absolute atomic E-state index is 0.384. The van der Waals surface area contributed by atoms with Gasteiger partial charge in [0.2, 0.25) is 0 Å². The SMILES string of the molecule is CC(C)CC(C#CC(O)(O)c1cccc2c1Cc1ccccc1-2)(CC(C)C)c1cccc2c1Cc1ccccc1-2. The average molecular weight is 527 g/mol. The van der Waals surface area contributed by atoms with Crippen molar-refractivity contribution >= 4 is 0 Å². The molecule has 2 nitrogen and oxygen atoms in total. The molecule has 2 aliphatic carbocycles. The fraction of sp³-hybridized carbons (Fsp3) is 0.316. The maximum atomic E-state index is 11.6. The van der Waals surface area contributed by atoms with Crippen molar-refractivity contribution in [2.45, 2.75) is 64.6 Å². The van der Waals surface area contributed by atoms with Crippen molar-refractivity contribution in [2.24, 2.45) is 11.8 Å². The largest absolute Gasteiger partial charge is 0.352 e. The highest BCUT2D eigenvalue weighted by Gasteiger charge is 2.38. The molecule has 0 radical (unpaired) electrons. The van der Waals surface area contributed by atoms with Gasteiger partial charge in [0.25, 0.3) is 5.79 Å². The summed E-state index contributed by atoms with van der Waals surface area (Å²) in [6, 6.07) is 29.4. The molecule has 0 bridgehead atoms. The minimum atomic E-state index is -2.26. The van der Waals surface area contributed by atoms with Crippen molar-refractivity contribution in [2.75, 3.05) is 0 Å². The Morgan fingerprint density at radius 1 is 0.575 bits per heavy atom. The minimum Gasteiger partial charge on any atom is -0.352 e. The van der Waals surface area contributed by atoms with Crippen LogP contribution in [0.25, 0.3) is 22.3 Å². The zero-order valence-electron chi connectivity index (χ0n) is 24.0. The smallest absolute Gasteiger partial charge is 0.256 e. The molecular formula is C38H38O2. The monoisotopic (exact) mass is 526 g/mol. The van der Waals surface area contributed by atoms with E-state index in [-0.39, 0.29) is 0 Å². The first kappa shape index (κ1) is 26.6. The summed E-state index contributed by atoms with van der Waals surface area (Å²) in [6.45, 7) is 8.95. The number of benzene rings is 4. The molecule has 4 aromatic carbocycles. The fourth-order valence-electron chi connectivity index (χ4n) is 7.23. The Morgan fingerprint density at radius 2 is 1.02 bits per heavy atom. The molecule has 0 atom stereocenters. The second-order valence-electron chi connectivity index (χ2n) is 12.5. The van der Waals surface area contributed by atoms with Crippen LogP contribution in [0.3, 0.4) is 0 Å². The van der Waals surface area contributed by atoms with Crippen LogP contribution in [0.15, 0.2) is 84.9 Å². The van der Waals surface area contributed by atoms with E-state index in [1.165, 1.54) is 33.4 Å². The van der Waals surface area contributed by atoms with E-state index >= 15 is 0 Å². The molecule has 4 aromatic rings. The topological polar surface area (TPSA) is 40.5 Å². The molecule has 2 heteroatoms. The number of hydrogen-bond acceptors (Lipinski definition) is 2. The van der Waals surface area contributed by atoms with Crippen molar-refractivity contribution in [3.8, 4) is 34.1 Å². The number of fused-ring (bicyclic) bond motifs is 6. The van der Waals surface area contributed by atoms with Crippen molar-refractivity contribution in [1.82, 2.24) is 0 Å². The molecule has 40 heavy (non-hydrogen) atoms. The summed E-state index contributed by atoms with van der Waals surface area (Å²) in [5.41, 5.74) is 10.9. The van der Waals surface area contributed by atoms with E-state index in [9.17, 15) is 10.2 Å². The van der Waals surface area contributed by atoms with E-state index in [2.05, 4.69) is 100 Å².